The number of fused-ring (bicyclic) bond motifs is 5. The molecule has 5 rings (SSSR count). The van der Waals surface area contributed by atoms with E-state index in [0.717, 1.165) is 42.8 Å². The fraction of sp³-hybridized carbons (Fsp3) is 0.429. The van der Waals surface area contributed by atoms with Crippen LogP contribution in [0, 0.1) is 5.41 Å². The molecule has 2 aliphatic carbocycles. The van der Waals surface area contributed by atoms with Gasteiger partial charge in [-0.25, -0.2) is 4.98 Å². The second-order valence-corrected chi connectivity index (χ2v) is 9.22. The number of anilines is 1. The molecule has 0 amide bonds. The Morgan fingerprint density at radius 2 is 2.04 bits per heavy atom. The molecule has 1 spiro atoms. The van der Waals surface area contributed by atoms with E-state index in [4.69, 9.17) is 0 Å². The normalized spacial score (nSPS) is 26.7. The Hall–Kier alpha value is -1.94. The summed E-state index contributed by atoms with van der Waals surface area (Å²) in [6.45, 7) is 4.38. The van der Waals surface area contributed by atoms with Crippen LogP contribution in [-0.2, 0) is 16.6 Å². The molecule has 0 bridgehead atoms. The van der Waals surface area contributed by atoms with Crippen LogP contribution in [-0.4, -0.2) is 10.8 Å². The Kier molecular flexibility index (Phi) is 3.09. The first kappa shape index (κ1) is 15.3. The van der Waals surface area contributed by atoms with E-state index in [1.807, 2.05) is 5.51 Å². The molecular formula is C21H22N2OS. The lowest BCUT2D eigenvalue weighted by atomic mass is 9.59. The van der Waals surface area contributed by atoms with Crippen molar-refractivity contribution in [2.24, 2.45) is 5.41 Å². The smallest absolute Gasteiger partial charge is 0.162 e. The van der Waals surface area contributed by atoms with Crippen LogP contribution in [0.5, 0.6) is 0 Å². The summed E-state index contributed by atoms with van der Waals surface area (Å²) < 4.78 is 0. The third kappa shape index (κ3) is 2.03. The SMILES string of the molecule is CC1(C)CC(=O)C2=C(C1)Nc1ncsc1C21CCCc2ccccc21. The topological polar surface area (TPSA) is 42.0 Å². The van der Waals surface area contributed by atoms with E-state index in [0.29, 0.717) is 12.2 Å². The van der Waals surface area contributed by atoms with Gasteiger partial charge in [-0.15, -0.1) is 11.3 Å². The maximum absolute atomic E-state index is 13.3. The lowest BCUT2D eigenvalue weighted by molar-refractivity contribution is -0.118. The highest BCUT2D eigenvalue weighted by atomic mass is 32.1. The van der Waals surface area contributed by atoms with Crippen LogP contribution in [0.25, 0.3) is 0 Å². The predicted molar refractivity (Wildman–Crippen MR) is 101 cm³/mol. The van der Waals surface area contributed by atoms with Crippen LogP contribution in [0.2, 0.25) is 0 Å². The number of hydrogen-bond acceptors (Lipinski definition) is 4. The number of ketones is 1. The molecule has 3 nitrogen and oxygen atoms in total. The Bertz CT molecular complexity index is 923. The molecular weight excluding hydrogens is 328 g/mol. The zero-order chi connectivity index (χ0) is 17.2. The van der Waals surface area contributed by atoms with Crippen LogP contribution >= 0.6 is 11.3 Å². The minimum absolute atomic E-state index is 0.00577. The summed E-state index contributed by atoms with van der Waals surface area (Å²) in [5.74, 6) is 1.28. The van der Waals surface area contributed by atoms with Crippen molar-refractivity contribution in [3.05, 3.63) is 57.1 Å². The van der Waals surface area contributed by atoms with E-state index in [1.165, 1.54) is 16.0 Å². The fourth-order valence-electron chi connectivity index (χ4n) is 5.15. The molecule has 0 radical (unpaired) electrons. The standard InChI is InChI=1S/C21H22N2OS/c1-20(2)10-15-17(16(24)11-20)21(18-19(23-15)22-12-25-18)9-5-7-13-6-3-4-8-14(13)21/h3-4,6,8,12,23H,5,7,9-11H2,1-2H3. The number of rotatable bonds is 0. The van der Waals surface area contributed by atoms with Crippen LogP contribution in [0.1, 0.15) is 55.5 Å². The molecule has 2 heterocycles. The summed E-state index contributed by atoms with van der Waals surface area (Å²) in [5.41, 5.74) is 6.48. The summed E-state index contributed by atoms with van der Waals surface area (Å²) in [6, 6.07) is 8.71. The second-order valence-electron chi connectivity index (χ2n) is 8.37. The molecule has 25 heavy (non-hydrogen) atoms. The molecule has 1 atom stereocenters. The Morgan fingerprint density at radius 3 is 2.92 bits per heavy atom. The molecule has 1 aromatic heterocycles. The number of nitrogens with one attached hydrogen (secondary N) is 1. The van der Waals surface area contributed by atoms with Crippen molar-refractivity contribution in [2.75, 3.05) is 5.32 Å². The Morgan fingerprint density at radius 1 is 1.20 bits per heavy atom. The molecule has 3 aliphatic rings. The van der Waals surface area contributed by atoms with E-state index in [-0.39, 0.29) is 10.8 Å². The van der Waals surface area contributed by atoms with E-state index in [1.54, 1.807) is 11.3 Å². The van der Waals surface area contributed by atoms with Gasteiger partial charge in [0.1, 0.15) is 5.82 Å². The number of aryl methyl sites for hydroxylation is 1. The summed E-state index contributed by atoms with van der Waals surface area (Å²) in [4.78, 5) is 19.2. The van der Waals surface area contributed by atoms with Crippen molar-refractivity contribution < 1.29 is 4.79 Å². The minimum Gasteiger partial charge on any atom is -0.342 e. The number of thiazole rings is 1. The highest BCUT2D eigenvalue weighted by molar-refractivity contribution is 7.10. The van der Waals surface area contributed by atoms with Crippen molar-refractivity contribution in [1.29, 1.82) is 0 Å². The van der Waals surface area contributed by atoms with Crippen molar-refractivity contribution in [2.45, 2.75) is 51.4 Å². The van der Waals surface area contributed by atoms with E-state index in [2.05, 4.69) is 48.4 Å². The highest BCUT2D eigenvalue weighted by Crippen LogP contribution is 2.57. The highest BCUT2D eigenvalue weighted by Gasteiger charge is 2.52. The van der Waals surface area contributed by atoms with Gasteiger partial charge in [-0.05, 0) is 42.2 Å². The molecule has 0 fully saturated rings. The Labute approximate surface area is 152 Å². The lowest BCUT2D eigenvalue weighted by Crippen LogP contribution is -2.44. The average molecular weight is 350 g/mol. The third-order valence-electron chi connectivity index (χ3n) is 6.00. The molecule has 1 aliphatic heterocycles. The quantitative estimate of drug-likeness (QED) is 0.739. The Balaban J connectivity index is 1.84. The molecule has 1 unspecified atom stereocenters. The number of benzene rings is 1. The van der Waals surface area contributed by atoms with Gasteiger partial charge in [0.15, 0.2) is 5.78 Å². The van der Waals surface area contributed by atoms with Gasteiger partial charge in [-0.2, -0.15) is 0 Å². The van der Waals surface area contributed by atoms with Gasteiger partial charge in [-0.1, -0.05) is 38.1 Å². The first-order valence-electron chi connectivity index (χ1n) is 9.07. The summed E-state index contributed by atoms with van der Waals surface area (Å²) >= 11 is 1.69. The number of hydrogen-bond donors (Lipinski definition) is 1. The van der Waals surface area contributed by atoms with Gasteiger partial charge in [0, 0.05) is 17.7 Å². The number of nitrogens with zero attached hydrogens (tertiary/aromatic N) is 1. The van der Waals surface area contributed by atoms with Gasteiger partial charge in [0.05, 0.1) is 15.8 Å². The van der Waals surface area contributed by atoms with Crippen molar-refractivity contribution in [3.8, 4) is 0 Å². The summed E-state index contributed by atoms with van der Waals surface area (Å²) in [7, 11) is 0. The van der Waals surface area contributed by atoms with Gasteiger partial charge >= 0.3 is 0 Å². The molecule has 0 saturated heterocycles. The van der Waals surface area contributed by atoms with Crippen LogP contribution in [0.3, 0.4) is 0 Å². The molecule has 4 heteroatoms. The van der Waals surface area contributed by atoms with Crippen LogP contribution in [0.15, 0.2) is 41.0 Å². The van der Waals surface area contributed by atoms with Crippen molar-refractivity contribution in [3.63, 3.8) is 0 Å². The maximum Gasteiger partial charge on any atom is 0.162 e. The lowest BCUT2D eigenvalue weighted by Gasteiger charge is -2.47. The van der Waals surface area contributed by atoms with Gasteiger partial charge in [0.2, 0.25) is 0 Å². The predicted octanol–water partition coefficient (Wildman–Crippen LogP) is 4.83. The fourth-order valence-corrected chi connectivity index (χ4v) is 6.14. The first-order valence-corrected chi connectivity index (χ1v) is 9.95. The number of carbonyl (C=O) groups is 1. The molecule has 2 aromatic rings. The zero-order valence-electron chi connectivity index (χ0n) is 14.7. The largest absolute Gasteiger partial charge is 0.342 e. The summed E-state index contributed by atoms with van der Waals surface area (Å²) in [5, 5.41) is 3.53. The maximum atomic E-state index is 13.3. The average Bonchev–Trinajstić information content (AvgIpc) is 3.02. The molecule has 1 N–H and O–H groups in total. The summed E-state index contributed by atoms with van der Waals surface area (Å²) in [6.07, 6.45) is 4.76. The third-order valence-corrected chi connectivity index (χ3v) is 6.99. The molecule has 0 saturated carbocycles. The van der Waals surface area contributed by atoms with E-state index >= 15 is 0 Å². The van der Waals surface area contributed by atoms with Crippen molar-refractivity contribution in [1.82, 2.24) is 4.98 Å². The van der Waals surface area contributed by atoms with Gasteiger partial charge < -0.3 is 5.32 Å². The van der Waals surface area contributed by atoms with E-state index < -0.39 is 0 Å². The molecule has 128 valence electrons. The number of allylic oxidation sites excluding steroid dienone is 2. The monoisotopic (exact) mass is 350 g/mol. The first-order chi connectivity index (χ1) is 12.0. The zero-order valence-corrected chi connectivity index (χ0v) is 15.5. The van der Waals surface area contributed by atoms with Gasteiger partial charge in [-0.3, -0.25) is 4.79 Å². The van der Waals surface area contributed by atoms with Gasteiger partial charge in [0.25, 0.3) is 0 Å². The minimum atomic E-state index is -0.292. The number of carbonyl (C=O) groups excluding carboxylic acids is 1. The van der Waals surface area contributed by atoms with Crippen molar-refractivity contribution >= 4 is 22.9 Å². The number of Topliss-reactive ketones (excluding diaryl/α,β-unsaturated/α-hetero) is 1. The van der Waals surface area contributed by atoms with E-state index in [9.17, 15) is 4.79 Å². The van der Waals surface area contributed by atoms with Crippen LogP contribution < -0.4 is 5.32 Å². The van der Waals surface area contributed by atoms with Crippen LogP contribution in [0.4, 0.5) is 5.82 Å². The molecule has 1 aromatic carbocycles. The number of aromatic nitrogens is 1. The second kappa shape index (κ2) is 5.04.